The van der Waals surface area contributed by atoms with E-state index in [4.69, 9.17) is 10.5 Å². The molecular weight excluding hydrogens is 206 g/mol. The molecule has 0 amide bonds. The lowest BCUT2D eigenvalue weighted by Crippen LogP contribution is -2.21. The molecule has 0 spiro atoms. The standard InChI is InChI=1S/C12H19NOS/c1-9-2-3-12(15-9)11(13)8-10-4-6-14-7-5-10/h2-3,10-11H,4-8,13H2,1H3. The van der Waals surface area contributed by atoms with Gasteiger partial charge in [-0.15, -0.1) is 11.3 Å². The molecule has 1 saturated heterocycles. The van der Waals surface area contributed by atoms with Crippen molar-refractivity contribution in [3.8, 4) is 0 Å². The number of hydrogen-bond donors (Lipinski definition) is 1. The molecule has 1 fully saturated rings. The Bertz CT molecular complexity index is 304. The molecule has 1 aliphatic heterocycles. The van der Waals surface area contributed by atoms with E-state index in [-0.39, 0.29) is 6.04 Å². The topological polar surface area (TPSA) is 35.2 Å². The van der Waals surface area contributed by atoms with Crippen molar-refractivity contribution in [1.29, 1.82) is 0 Å². The summed E-state index contributed by atoms with van der Waals surface area (Å²) in [6.07, 6.45) is 3.47. The SMILES string of the molecule is Cc1ccc(C(N)CC2CCOCC2)s1. The van der Waals surface area contributed by atoms with E-state index in [1.807, 2.05) is 11.3 Å². The Morgan fingerprint density at radius 2 is 2.20 bits per heavy atom. The highest BCUT2D eigenvalue weighted by molar-refractivity contribution is 7.12. The van der Waals surface area contributed by atoms with Crippen LogP contribution in [0.5, 0.6) is 0 Å². The molecular formula is C12H19NOS. The molecule has 1 aliphatic rings. The second-order valence-corrected chi connectivity index (χ2v) is 5.67. The quantitative estimate of drug-likeness (QED) is 0.858. The Morgan fingerprint density at radius 3 is 2.80 bits per heavy atom. The Morgan fingerprint density at radius 1 is 1.47 bits per heavy atom. The molecule has 1 aromatic heterocycles. The summed E-state index contributed by atoms with van der Waals surface area (Å²) in [5.74, 6) is 0.760. The third-order valence-electron chi connectivity index (χ3n) is 3.05. The summed E-state index contributed by atoms with van der Waals surface area (Å²) in [4.78, 5) is 2.69. The fourth-order valence-corrected chi connectivity index (χ4v) is 3.00. The summed E-state index contributed by atoms with van der Waals surface area (Å²) in [5.41, 5.74) is 6.21. The first-order chi connectivity index (χ1) is 7.25. The van der Waals surface area contributed by atoms with Gasteiger partial charge in [-0.3, -0.25) is 0 Å². The zero-order chi connectivity index (χ0) is 10.7. The van der Waals surface area contributed by atoms with E-state index in [1.165, 1.54) is 22.6 Å². The molecule has 0 saturated carbocycles. The third kappa shape index (κ3) is 3.03. The maximum Gasteiger partial charge on any atom is 0.0468 e. The van der Waals surface area contributed by atoms with Crippen molar-refractivity contribution in [2.75, 3.05) is 13.2 Å². The molecule has 2 rings (SSSR count). The van der Waals surface area contributed by atoms with Gasteiger partial charge >= 0.3 is 0 Å². The maximum atomic E-state index is 6.21. The summed E-state index contributed by atoms with van der Waals surface area (Å²) in [6, 6.07) is 4.56. The molecule has 1 atom stereocenters. The second-order valence-electron chi connectivity index (χ2n) is 4.35. The third-order valence-corrected chi connectivity index (χ3v) is 4.19. The first-order valence-corrected chi connectivity index (χ1v) is 6.47. The zero-order valence-corrected chi connectivity index (χ0v) is 10.1. The number of aryl methyl sites for hydroxylation is 1. The lowest BCUT2D eigenvalue weighted by Gasteiger charge is -2.24. The Balaban J connectivity index is 1.88. The molecule has 3 heteroatoms. The van der Waals surface area contributed by atoms with E-state index >= 15 is 0 Å². The molecule has 0 aromatic carbocycles. The number of ether oxygens (including phenoxy) is 1. The van der Waals surface area contributed by atoms with Crippen LogP contribution in [0.4, 0.5) is 0 Å². The summed E-state index contributed by atoms with van der Waals surface area (Å²) in [5, 5.41) is 0. The van der Waals surface area contributed by atoms with E-state index in [0.29, 0.717) is 0 Å². The number of thiophene rings is 1. The van der Waals surface area contributed by atoms with Crippen molar-refractivity contribution in [2.45, 2.75) is 32.2 Å². The van der Waals surface area contributed by atoms with Crippen molar-refractivity contribution in [2.24, 2.45) is 11.7 Å². The van der Waals surface area contributed by atoms with Crippen LogP contribution in [-0.4, -0.2) is 13.2 Å². The van der Waals surface area contributed by atoms with Crippen molar-refractivity contribution in [1.82, 2.24) is 0 Å². The van der Waals surface area contributed by atoms with Crippen LogP contribution in [0.1, 0.15) is 35.1 Å². The minimum Gasteiger partial charge on any atom is -0.381 e. The Labute approximate surface area is 95.4 Å². The highest BCUT2D eigenvalue weighted by atomic mass is 32.1. The van der Waals surface area contributed by atoms with Crippen LogP contribution < -0.4 is 5.73 Å². The van der Waals surface area contributed by atoms with E-state index < -0.39 is 0 Å². The van der Waals surface area contributed by atoms with Crippen molar-refractivity contribution < 1.29 is 4.74 Å². The molecule has 1 unspecified atom stereocenters. The fraction of sp³-hybridized carbons (Fsp3) is 0.667. The molecule has 0 radical (unpaired) electrons. The van der Waals surface area contributed by atoms with Crippen molar-refractivity contribution in [3.05, 3.63) is 21.9 Å². The van der Waals surface area contributed by atoms with E-state index in [2.05, 4.69) is 19.1 Å². The highest BCUT2D eigenvalue weighted by Gasteiger charge is 2.18. The van der Waals surface area contributed by atoms with Gasteiger partial charge in [0.2, 0.25) is 0 Å². The zero-order valence-electron chi connectivity index (χ0n) is 9.24. The molecule has 0 aliphatic carbocycles. The van der Waals surface area contributed by atoms with Crippen LogP contribution >= 0.6 is 11.3 Å². The average molecular weight is 225 g/mol. The van der Waals surface area contributed by atoms with Crippen LogP contribution in [0.3, 0.4) is 0 Å². The van der Waals surface area contributed by atoms with E-state index in [9.17, 15) is 0 Å². The predicted octanol–water partition coefficient (Wildman–Crippen LogP) is 2.87. The van der Waals surface area contributed by atoms with E-state index in [0.717, 1.165) is 25.6 Å². The largest absolute Gasteiger partial charge is 0.381 e. The first kappa shape index (κ1) is 11.1. The Kier molecular flexibility index (Phi) is 3.78. The number of rotatable bonds is 3. The number of nitrogens with two attached hydrogens (primary N) is 1. The highest BCUT2D eigenvalue weighted by Crippen LogP contribution is 2.29. The number of hydrogen-bond acceptors (Lipinski definition) is 3. The summed E-state index contributed by atoms with van der Waals surface area (Å²) >= 11 is 1.83. The van der Waals surface area contributed by atoms with Crippen molar-refractivity contribution in [3.63, 3.8) is 0 Å². The van der Waals surface area contributed by atoms with Crippen LogP contribution in [0, 0.1) is 12.8 Å². The second kappa shape index (κ2) is 5.10. The van der Waals surface area contributed by atoms with E-state index in [1.54, 1.807) is 0 Å². The van der Waals surface area contributed by atoms with Gasteiger partial charge in [0.05, 0.1) is 0 Å². The smallest absolute Gasteiger partial charge is 0.0468 e. The monoisotopic (exact) mass is 225 g/mol. The van der Waals surface area contributed by atoms with Gasteiger partial charge in [-0.1, -0.05) is 0 Å². The summed E-state index contributed by atoms with van der Waals surface area (Å²) in [6.45, 7) is 3.97. The minimum atomic E-state index is 0.229. The van der Waals surface area contributed by atoms with Crippen molar-refractivity contribution >= 4 is 11.3 Å². The molecule has 1 aromatic rings. The molecule has 15 heavy (non-hydrogen) atoms. The molecule has 2 N–H and O–H groups in total. The predicted molar refractivity (Wildman–Crippen MR) is 64.1 cm³/mol. The van der Waals surface area contributed by atoms with Crippen LogP contribution in [0.2, 0.25) is 0 Å². The Hall–Kier alpha value is -0.380. The molecule has 84 valence electrons. The molecule has 2 nitrogen and oxygen atoms in total. The van der Waals surface area contributed by atoms with Gasteiger partial charge < -0.3 is 10.5 Å². The molecule has 2 heterocycles. The van der Waals surface area contributed by atoms with Crippen LogP contribution in [0.25, 0.3) is 0 Å². The lowest BCUT2D eigenvalue weighted by atomic mass is 9.92. The van der Waals surface area contributed by atoms with Gasteiger partial charge in [-0.25, -0.2) is 0 Å². The van der Waals surface area contributed by atoms with Gasteiger partial charge in [-0.05, 0) is 44.2 Å². The normalized spacial score (nSPS) is 20.4. The average Bonchev–Trinajstić information content (AvgIpc) is 2.66. The lowest BCUT2D eigenvalue weighted by molar-refractivity contribution is 0.0619. The maximum absolute atomic E-state index is 6.21. The summed E-state index contributed by atoms with van der Waals surface area (Å²) < 4.78 is 5.35. The molecule has 0 bridgehead atoms. The fourth-order valence-electron chi connectivity index (χ4n) is 2.11. The van der Waals surface area contributed by atoms with Gasteiger partial charge in [-0.2, -0.15) is 0 Å². The van der Waals surface area contributed by atoms with Gasteiger partial charge in [0.1, 0.15) is 0 Å². The summed E-state index contributed by atoms with van der Waals surface area (Å²) in [7, 11) is 0. The van der Waals surface area contributed by atoms with Crippen LogP contribution in [0.15, 0.2) is 12.1 Å². The van der Waals surface area contributed by atoms with Gasteiger partial charge in [0.25, 0.3) is 0 Å². The first-order valence-electron chi connectivity index (χ1n) is 5.65. The minimum absolute atomic E-state index is 0.229. The van der Waals surface area contributed by atoms with Gasteiger partial charge in [0, 0.05) is 29.0 Å². The van der Waals surface area contributed by atoms with Gasteiger partial charge in [0.15, 0.2) is 0 Å². The van der Waals surface area contributed by atoms with Crippen LogP contribution in [-0.2, 0) is 4.74 Å².